The van der Waals surface area contributed by atoms with Gasteiger partial charge in [-0.05, 0) is 18.2 Å². The Kier molecular flexibility index (Phi) is 5.08. The minimum atomic E-state index is -0.664. The van der Waals surface area contributed by atoms with E-state index in [0.717, 1.165) is 4.90 Å². The quantitative estimate of drug-likeness (QED) is 0.251. The fraction of sp³-hybridized carbons (Fsp3) is 0.188. The smallest absolute Gasteiger partial charge is 0.326 e. The van der Waals surface area contributed by atoms with Crippen LogP contribution in [0.15, 0.2) is 49.3 Å². The Bertz CT molecular complexity index is 600. The van der Waals surface area contributed by atoms with Crippen molar-refractivity contribution in [3.05, 3.63) is 60.4 Å². The van der Waals surface area contributed by atoms with Crippen LogP contribution in [-0.4, -0.2) is 42.4 Å². The zero-order chi connectivity index (χ0) is 15.9. The van der Waals surface area contributed by atoms with Crippen molar-refractivity contribution in [3.63, 3.8) is 0 Å². The molecule has 0 radical (unpaired) electrons. The summed E-state index contributed by atoms with van der Waals surface area (Å²) in [5, 5.41) is 0. The maximum absolute atomic E-state index is 12.0. The van der Waals surface area contributed by atoms with Gasteiger partial charge in [0.05, 0.1) is 17.4 Å². The van der Waals surface area contributed by atoms with Gasteiger partial charge >= 0.3 is 5.97 Å². The molecule has 114 valence electrons. The number of fused-ring (bicyclic) bond motifs is 1. The molecule has 0 aromatic heterocycles. The summed E-state index contributed by atoms with van der Waals surface area (Å²) in [4.78, 5) is 36.6. The van der Waals surface area contributed by atoms with E-state index in [-0.39, 0.29) is 6.61 Å². The van der Waals surface area contributed by atoms with Gasteiger partial charge in [0, 0.05) is 0 Å². The first-order chi connectivity index (χ1) is 10.6. The van der Waals surface area contributed by atoms with Gasteiger partial charge in [-0.25, -0.2) is 0 Å². The molecule has 1 aliphatic heterocycles. The number of imide groups is 1. The summed E-state index contributed by atoms with van der Waals surface area (Å²) in [6, 6.07) is 6.45. The van der Waals surface area contributed by atoms with E-state index in [1.165, 1.54) is 12.3 Å². The lowest BCUT2D eigenvalue weighted by atomic mass is 10.1. The average molecular weight is 301 g/mol. The molecule has 6 heteroatoms. The van der Waals surface area contributed by atoms with Crippen molar-refractivity contribution < 1.29 is 23.9 Å². The topological polar surface area (TPSA) is 72.9 Å². The largest absolute Gasteiger partial charge is 0.497 e. The van der Waals surface area contributed by atoms with Crippen LogP contribution in [0.1, 0.15) is 20.7 Å². The monoisotopic (exact) mass is 301 g/mol. The van der Waals surface area contributed by atoms with E-state index in [0.29, 0.717) is 17.7 Å². The highest BCUT2D eigenvalue weighted by Gasteiger charge is 2.36. The molecule has 0 aliphatic carbocycles. The highest BCUT2D eigenvalue weighted by atomic mass is 16.5. The highest BCUT2D eigenvalue weighted by molar-refractivity contribution is 6.22. The number of hydrogen-bond acceptors (Lipinski definition) is 5. The Balaban J connectivity index is 1.86. The molecule has 0 unspecified atom stereocenters. The number of ether oxygens (including phenoxy) is 2. The van der Waals surface area contributed by atoms with Gasteiger partial charge in [0.1, 0.15) is 19.8 Å². The van der Waals surface area contributed by atoms with E-state index in [4.69, 9.17) is 9.47 Å². The Hall–Kier alpha value is -2.89. The van der Waals surface area contributed by atoms with Crippen LogP contribution in [0.2, 0.25) is 0 Å². The van der Waals surface area contributed by atoms with Crippen LogP contribution < -0.4 is 0 Å². The molecule has 2 rings (SSSR count). The average Bonchev–Trinajstić information content (AvgIpc) is 2.76. The van der Waals surface area contributed by atoms with Crippen molar-refractivity contribution in [3.8, 4) is 0 Å². The van der Waals surface area contributed by atoms with E-state index in [9.17, 15) is 14.4 Å². The first-order valence-corrected chi connectivity index (χ1v) is 6.63. The normalized spacial score (nSPS) is 13.4. The predicted molar refractivity (Wildman–Crippen MR) is 78.1 cm³/mol. The van der Waals surface area contributed by atoms with E-state index >= 15 is 0 Å². The van der Waals surface area contributed by atoms with Gasteiger partial charge in [0.2, 0.25) is 0 Å². The molecule has 1 heterocycles. The Labute approximate surface area is 127 Å². The van der Waals surface area contributed by atoms with Crippen molar-refractivity contribution in [2.45, 2.75) is 0 Å². The van der Waals surface area contributed by atoms with Crippen molar-refractivity contribution in [1.29, 1.82) is 0 Å². The zero-order valence-electron chi connectivity index (χ0n) is 11.9. The van der Waals surface area contributed by atoms with Crippen LogP contribution in [0.5, 0.6) is 0 Å². The maximum Gasteiger partial charge on any atom is 0.326 e. The molecule has 0 spiro atoms. The SMILES string of the molecule is C=CCO/C=C/COC(=O)CN1C(=O)c2ccccc2C1=O. The number of esters is 1. The number of carbonyl (C=O) groups excluding carboxylic acids is 3. The van der Waals surface area contributed by atoms with Crippen molar-refractivity contribution in [1.82, 2.24) is 4.90 Å². The van der Waals surface area contributed by atoms with Crippen LogP contribution in [-0.2, 0) is 14.3 Å². The summed E-state index contributed by atoms with van der Waals surface area (Å²) in [5.41, 5.74) is 0.607. The first kappa shape index (κ1) is 15.5. The molecule has 6 nitrogen and oxygen atoms in total. The summed E-state index contributed by atoms with van der Waals surface area (Å²) in [5.74, 6) is -1.63. The summed E-state index contributed by atoms with van der Waals surface area (Å²) >= 11 is 0. The molecule has 1 aromatic rings. The van der Waals surface area contributed by atoms with Gasteiger partial charge in [-0.2, -0.15) is 0 Å². The minimum Gasteiger partial charge on any atom is -0.497 e. The number of rotatable bonds is 7. The molecule has 0 atom stereocenters. The van der Waals surface area contributed by atoms with E-state index < -0.39 is 24.3 Å². The van der Waals surface area contributed by atoms with Crippen LogP contribution in [0, 0.1) is 0 Å². The third kappa shape index (κ3) is 3.41. The van der Waals surface area contributed by atoms with Gasteiger partial charge in [-0.15, -0.1) is 0 Å². The van der Waals surface area contributed by atoms with Gasteiger partial charge in [0.15, 0.2) is 0 Å². The Morgan fingerprint density at radius 3 is 2.36 bits per heavy atom. The van der Waals surface area contributed by atoms with Crippen molar-refractivity contribution in [2.75, 3.05) is 19.8 Å². The fourth-order valence-electron chi connectivity index (χ4n) is 1.93. The Morgan fingerprint density at radius 1 is 1.14 bits per heavy atom. The Morgan fingerprint density at radius 2 is 1.77 bits per heavy atom. The second kappa shape index (κ2) is 7.21. The molecule has 0 N–H and O–H groups in total. The van der Waals surface area contributed by atoms with E-state index in [1.807, 2.05) is 0 Å². The molecule has 0 fully saturated rings. The molecule has 0 bridgehead atoms. The molecule has 2 amide bonds. The first-order valence-electron chi connectivity index (χ1n) is 6.63. The van der Waals surface area contributed by atoms with E-state index in [1.54, 1.807) is 30.3 Å². The van der Waals surface area contributed by atoms with Gasteiger partial charge in [0.25, 0.3) is 11.8 Å². The van der Waals surface area contributed by atoms with Gasteiger partial charge in [-0.3, -0.25) is 19.3 Å². The lowest BCUT2D eigenvalue weighted by molar-refractivity contribution is -0.142. The highest BCUT2D eigenvalue weighted by Crippen LogP contribution is 2.21. The molecule has 0 saturated heterocycles. The molecule has 1 aromatic carbocycles. The number of amides is 2. The van der Waals surface area contributed by atoms with E-state index in [2.05, 4.69) is 6.58 Å². The lowest BCUT2D eigenvalue weighted by Gasteiger charge is -2.12. The molecule has 0 saturated carbocycles. The molecular formula is C16H15NO5. The van der Waals surface area contributed by atoms with Crippen molar-refractivity contribution in [2.24, 2.45) is 0 Å². The maximum atomic E-state index is 12.0. The van der Waals surface area contributed by atoms with Gasteiger partial charge in [-0.1, -0.05) is 24.8 Å². The third-order valence-electron chi connectivity index (χ3n) is 2.91. The molecular weight excluding hydrogens is 286 g/mol. The van der Waals surface area contributed by atoms with Crippen LogP contribution in [0.25, 0.3) is 0 Å². The number of nitrogens with zero attached hydrogens (tertiary/aromatic N) is 1. The second-order valence-corrected chi connectivity index (χ2v) is 4.42. The summed E-state index contributed by atoms with van der Waals surface area (Å²) in [6.07, 6.45) is 4.47. The molecule has 1 aliphatic rings. The summed E-state index contributed by atoms with van der Waals surface area (Å²) in [7, 11) is 0. The number of hydrogen-bond donors (Lipinski definition) is 0. The molecule has 22 heavy (non-hydrogen) atoms. The van der Waals surface area contributed by atoms with Gasteiger partial charge < -0.3 is 9.47 Å². The minimum absolute atomic E-state index is 0.000848. The number of benzene rings is 1. The second-order valence-electron chi connectivity index (χ2n) is 4.42. The zero-order valence-corrected chi connectivity index (χ0v) is 11.9. The fourth-order valence-corrected chi connectivity index (χ4v) is 1.93. The summed E-state index contributed by atoms with van der Waals surface area (Å²) < 4.78 is 9.87. The third-order valence-corrected chi connectivity index (χ3v) is 2.91. The standard InChI is InChI=1S/C16H15NO5/c1-2-8-21-9-5-10-22-14(18)11-17-15(19)12-6-3-4-7-13(12)16(17)20/h2-7,9H,1,8,10-11H2/b9-5+. The number of carbonyl (C=O) groups is 3. The predicted octanol–water partition coefficient (Wildman–Crippen LogP) is 1.54. The van der Waals surface area contributed by atoms with Crippen molar-refractivity contribution >= 4 is 17.8 Å². The van der Waals surface area contributed by atoms with Crippen LogP contribution >= 0.6 is 0 Å². The summed E-state index contributed by atoms with van der Waals surface area (Å²) in [6.45, 7) is 3.43. The van der Waals surface area contributed by atoms with Crippen LogP contribution in [0.4, 0.5) is 0 Å². The van der Waals surface area contributed by atoms with Crippen LogP contribution in [0.3, 0.4) is 0 Å². The lowest BCUT2D eigenvalue weighted by Crippen LogP contribution is -2.35.